The maximum Gasteiger partial charge on any atom is 0.268 e. The standard InChI is InChI=1S/C23H23FN6OS/c1-15-12-17(16(2)30(15)20-9-5-4-8-19(20)24)13-18(14-25)21(31)26-22-27-28-23(32-22)29-10-6-3-7-11-29/h4-5,8-9,12-13H,3,6-7,10-11H2,1-2H3,(H,26,27,31)/b18-13-. The Morgan fingerprint density at radius 1 is 1.22 bits per heavy atom. The Balaban J connectivity index is 1.55. The van der Waals surface area contributed by atoms with Crippen LogP contribution in [-0.2, 0) is 4.79 Å². The van der Waals surface area contributed by atoms with Crippen LogP contribution in [0.4, 0.5) is 14.7 Å². The number of carbonyl (C=O) groups is 1. The van der Waals surface area contributed by atoms with Crippen LogP contribution in [0.1, 0.15) is 36.2 Å². The van der Waals surface area contributed by atoms with E-state index in [1.54, 1.807) is 22.8 Å². The summed E-state index contributed by atoms with van der Waals surface area (Å²) in [7, 11) is 0. The van der Waals surface area contributed by atoms with E-state index in [1.165, 1.54) is 29.9 Å². The number of halogens is 1. The minimum atomic E-state index is -0.551. The molecule has 1 fully saturated rings. The molecule has 9 heteroatoms. The van der Waals surface area contributed by atoms with Gasteiger partial charge in [0.15, 0.2) is 0 Å². The SMILES string of the molecule is Cc1cc(/C=C(/C#N)C(=O)Nc2nnc(N3CCCCC3)s2)c(C)n1-c1ccccc1F. The van der Waals surface area contributed by atoms with Crippen molar-refractivity contribution in [1.29, 1.82) is 5.26 Å². The van der Waals surface area contributed by atoms with Crippen molar-refractivity contribution in [1.82, 2.24) is 14.8 Å². The number of nitrogens with zero attached hydrogens (tertiary/aromatic N) is 5. The van der Waals surface area contributed by atoms with E-state index in [0.717, 1.165) is 42.5 Å². The van der Waals surface area contributed by atoms with E-state index in [0.29, 0.717) is 16.4 Å². The lowest BCUT2D eigenvalue weighted by Gasteiger charge is -2.25. The van der Waals surface area contributed by atoms with Gasteiger partial charge in [-0.2, -0.15) is 5.26 Å². The van der Waals surface area contributed by atoms with Gasteiger partial charge in [-0.3, -0.25) is 10.1 Å². The van der Waals surface area contributed by atoms with Gasteiger partial charge in [0.25, 0.3) is 5.91 Å². The van der Waals surface area contributed by atoms with Gasteiger partial charge in [-0.15, -0.1) is 10.2 Å². The molecule has 0 saturated carbocycles. The van der Waals surface area contributed by atoms with Gasteiger partial charge in [-0.1, -0.05) is 23.5 Å². The third-order valence-electron chi connectivity index (χ3n) is 5.49. The van der Waals surface area contributed by atoms with Crippen LogP contribution in [0.5, 0.6) is 0 Å². The average Bonchev–Trinajstić information content (AvgIpc) is 3.37. The third kappa shape index (κ3) is 4.41. The van der Waals surface area contributed by atoms with Crippen molar-refractivity contribution in [2.24, 2.45) is 0 Å². The minimum absolute atomic E-state index is 0.0616. The van der Waals surface area contributed by atoms with Crippen LogP contribution in [-0.4, -0.2) is 33.8 Å². The topological polar surface area (TPSA) is 86.8 Å². The Hall–Kier alpha value is -3.51. The van der Waals surface area contributed by atoms with Gasteiger partial charge < -0.3 is 9.47 Å². The molecule has 1 aromatic carbocycles. The van der Waals surface area contributed by atoms with Crippen molar-refractivity contribution in [2.75, 3.05) is 23.3 Å². The molecule has 1 aliphatic rings. The van der Waals surface area contributed by atoms with Crippen LogP contribution < -0.4 is 10.2 Å². The smallest absolute Gasteiger partial charge is 0.268 e. The predicted molar refractivity (Wildman–Crippen MR) is 123 cm³/mol. The molecular formula is C23H23FN6OS. The van der Waals surface area contributed by atoms with E-state index in [1.807, 2.05) is 26.0 Å². The van der Waals surface area contributed by atoms with Crippen molar-refractivity contribution >= 4 is 33.6 Å². The molecule has 1 N–H and O–H groups in total. The first-order valence-corrected chi connectivity index (χ1v) is 11.2. The summed E-state index contributed by atoms with van der Waals surface area (Å²) in [5, 5.41) is 21.6. The van der Waals surface area contributed by atoms with Gasteiger partial charge in [0, 0.05) is 24.5 Å². The van der Waals surface area contributed by atoms with Gasteiger partial charge in [-0.25, -0.2) is 4.39 Å². The number of hydrogen-bond acceptors (Lipinski definition) is 6. The first-order chi connectivity index (χ1) is 15.5. The fraction of sp³-hybridized carbons (Fsp3) is 0.304. The number of para-hydroxylation sites is 1. The molecule has 0 bridgehead atoms. The average molecular weight is 451 g/mol. The van der Waals surface area contributed by atoms with E-state index in [4.69, 9.17) is 0 Å². The molecule has 2 aromatic heterocycles. The highest BCUT2D eigenvalue weighted by atomic mass is 32.1. The van der Waals surface area contributed by atoms with Crippen molar-refractivity contribution < 1.29 is 9.18 Å². The molecule has 3 aromatic rings. The zero-order valence-electron chi connectivity index (χ0n) is 17.9. The molecule has 7 nitrogen and oxygen atoms in total. The first-order valence-electron chi connectivity index (χ1n) is 10.4. The molecule has 3 heterocycles. The molecule has 1 aliphatic heterocycles. The first kappa shape index (κ1) is 21.7. The maximum absolute atomic E-state index is 14.3. The highest BCUT2D eigenvalue weighted by Gasteiger charge is 2.19. The van der Waals surface area contributed by atoms with Crippen molar-refractivity contribution in [3.05, 3.63) is 58.7 Å². The molecule has 1 saturated heterocycles. The number of hydrogen-bond donors (Lipinski definition) is 1. The van der Waals surface area contributed by atoms with Crippen LogP contribution in [0, 0.1) is 31.0 Å². The zero-order chi connectivity index (χ0) is 22.7. The van der Waals surface area contributed by atoms with Gasteiger partial charge in [0.05, 0.1) is 5.69 Å². The number of carbonyl (C=O) groups excluding carboxylic acids is 1. The monoisotopic (exact) mass is 450 g/mol. The number of amides is 1. The fourth-order valence-corrected chi connectivity index (χ4v) is 4.68. The Morgan fingerprint density at radius 3 is 2.69 bits per heavy atom. The molecule has 0 spiro atoms. The lowest BCUT2D eigenvalue weighted by molar-refractivity contribution is -0.112. The lowest BCUT2D eigenvalue weighted by atomic mass is 10.1. The third-order valence-corrected chi connectivity index (χ3v) is 6.39. The normalized spacial score (nSPS) is 14.3. The van der Waals surface area contributed by atoms with Crippen LogP contribution in [0.25, 0.3) is 11.8 Å². The molecule has 164 valence electrons. The highest BCUT2D eigenvalue weighted by molar-refractivity contribution is 7.19. The maximum atomic E-state index is 14.3. The van der Waals surface area contributed by atoms with E-state index in [2.05, 4.69) is 20.4 Å². The van der Waals surface area contributed by atoms with Crippen LogP contribution in [0.2, 0.25) is 0 Å². The van der Waals surface area contributed by atoms with Gasteiger partial charge in [0.2, 0.25) is 10.3 Å². The molecule has 32 heavy (non-hydrogen) atoms. The van der Waals surface area contributed by atoms with Crippen LogP contribution in [0.15, 0.2) is 35.9 Å². The number of piperidine rings is 1. The summed E-state index contributed by atoms with van der Waals surface area (Å²) in [4.78, 5) is 14.9. The molecule has 0 aliphatic carbocycles. The van der Waals surface area contributed by atoms with E-state index >= 15 is 0 Å². The Morgan fingerprint density at radius 2 is 1.97 bits per heavy atom. The van der Waals surface area contributed by atoms with Crippen LogP contribution in [0.3, 0.4) is 0 Å². The van der Waals surface area contributed by atoms with E-state index in [9.17, 15) is 14.4 Å². The van der Waals surface area contributed by atoms with Crippen molar-refractivity contribution in [2.45, 2.75) is 33.1 Å². The number of anilines is 2. The Labute approximate surface area is 189 Å². The summed E-state index contributed by atoms with van der Waals surface area (Å²) in [5.41, 5.74) is 2.56. The second-order valence-corrected chi connectivity index (χ2v) is 8.63. The molecular weight excluding hydrogens is 427 g/mol. The Kier molecular flexibility index (Phi) is 6.32. The van der Waals surface area contributed by atoms with E-state index < -0.39 is 5.91 Å². The molecule has 4 rings (SSSR count). The van der Waals surface area contributed by atoms with Crippen molar-refractivity contribution in [3.8, 4) is 11.8 Å². The number of aromatic nitrogens is 3. The van der Waals surface area contributed by atoms with Crippen LogP contribution >= 0.6 is 11.3 Å². The quantitative estimate of drug-likeness (QED) is 0.453. The summed E-state index contributed by atoms with van der Waals surface area (Å²) < 4.78 is 16.1. The summed E-state index contributed by atoms with van der Waals surface area (Å²) in [6.45, 7) is 5.55. The summed E-state index contributed by atoms with van der Waals surface area (Å²) >= 11 is 1.30. The molecule has 1 amide bonds. The van der Waals surface area contributed by atoms with E-state index in [-0.39, 0.29) is 11.4 Å². The number of nitrogens with one attached hydrogen (secondary N) is 1. The largest absolute Gasteiger partial charge is 0.347 e. The number of rotatable bonds is 5. The number of nitriles is 1. The Bertz CT molecular complexity index is 1220. The van der Waals surface area contributed by atoms with Gasteiger partial charge >= 0.3 is 0 Å². The molecule has 0 unspecified atom stereocenters. The highest BCUT2D eigenvalue weighted by Crippen LogP contribution is 2.28. The second kappa shape index (κ2) is 9.32. The number of aryl methyl sites for hydroxylation is 1. The summed E-state index contributed by atoms with van der Waals surface area (Å²) in [5.74, 6) is -0.895. The summed E-state index contributed by atoms with van der Waals surface area (Å²) in [6, 6.07) is 10.3. The lowest BCUT2D eigenvalue weighted by Crippen LogP contribution is -2.29. The molecule has 0 radical (unpaired) electrons. The van der Waals surface area contributed by atoms with Gasteiger partial charge in [-0.05, 0) is 62.9 Å². The predicted octanol–water partition coefficient (Wildman–Crippen LogP) is 4.62. The second-order valence-electron chi connectivity index (χ2n) is 7.67. The minimum Gasteiger partial charge on any atom is -0.347 e. The summed E-state index contributed by atoms with van der Waals surface area (Å²) in [6.07, 6.45) is 4.97. The van der Waals surface area contributed by atoms with Gasteiger partial charge in [0.1, 0.15) is 17.5 Å². The molecule has 0 atom stereocenters. The number of benzene rings is 1. The zero-order valence-corrected chi connectivity index (χ0v) is 18.7. The fourth-order valence-electron chi connectivity index (χ4n) is 3.89. The van der Waals surface area contributed by atoms with Crippen molar-refractivity contribution in [3.63, 3.8) is 0 Å².